The summed E-state index contributed by atoms with van der Waals surface area (Å²) >= 11 is 0. The topological polar surface area (TPSA) is 153 Å². The van der Waals surface area contributed by atoms with Crippen LogP contribution in [0.3, 0.4) is 0 Å². The highest BCUT2D eigenvalue weighted by atomic mass is 16.6. The fourth-order valence-corrected chi connectivity index (χ4v) is 3.40. The van der Waals surface area contributed by atoms with Gasteiger partial charge in [-0.15, -0.1) is 0 Å². The summed E-state index contributed by atoms with van der Waals surface area (Å²) in [6.07, 6.45) is 3.04. The molecule has 6 N–H and O–H groups in total. The molecule has 0 amide bonds. The number of nitro groups is 1. The standard InChI is InChI=1S/C21H24N4O6/c26-11-9-22-8-7-18-21(25(30)31)16-5-6-19(29)17(13-23-10-12-27)20(16)24(18)14-1-3-15(28)4-2-14/h1-8,22-23,26-29H,9-13H2. The molecule has 0 spiro atoms. The number of nitrogens with one attached hydrogen (secondary N) is 2. The molecule has 164 valence electrons. The molecule has 0 unspecified atom stereocenters. The van der Waals surface area contributed by atoms with Crippen LogP contribution in [-0.4, -0.2) is 56.2 Å². The van der Waals surface area contributed by atoms with E-state index >= 15 is 0 Å². The van der Waals surface area contributed by atoms with E-state index in [9.17, 15) is 20.3 Å². The van der Waals surface area contributed by atoms with Crippen LogP contribution in [0.1, 0.15) is 11.3 Å². The first-order chi connectivity index (χ1) is 15.0. The second-order valence-electron chi connectivity index (χ2n) is 6.71. The minimum atomic E-state index is -0.479. The fraction of sp³-hybridized carbons (Fsp3) is 0.238. The molecule has 0 aliphatic carbocycles. The Morgan fingerprint density at radius 3 is 2.39 bits per heavy atom. The molecule has 0 bridgehead atoms. The number of fused-ring (bicyclic) bond motifs is 1. The van der Waals surface area contributed by atoms with Gasteiger partial charge in [0.2, 0.25) is 0 Å². The van der Waals surface area contributed by atoms with Gasteiger partial charge >= 0.3 is 5.69 Å². The molecule has 10 nitrogen and oxygen atoms in total. The molecule has 0 fully saturated rings. The van der Waals surface area contributed by atoms with E-state index in [2.05, 4.69) is 10.6 Å². The van der Waals surface area contributed by atoms with Gasteiger partial charge in [0.05, 0.1) is 29.0 Å². The van der Waals surface area contributed by atoms with E-state index in [1.54, 1.807) is 16.7 Å². The molecule has 3 aromatic rings. The molecule has 0 radical (unpaired) electrons. The summed E-state index contributed by atoms with van der Waals surface area (Å²) in [5.74, 6) is 0.00315. The van der Waals surface area contributed by atoms with E-state index in [0.717, 1.165) is 0 Å². The Morgan fingerprint density at radius 1 is 1.03 bits per heavy atom. The third-order valence-electron chi connectivity index (χ3n) is 4.72. The van der Waals surface area contributed by atoms with Crippen LogP contribution in [0.15, 0.2) is 42.6 Å². The quantitative estimate of drug-likeness (QED) is 0.162. The minimum Gasteiger partial charge on any atom is -0.508 e. The van der Waals surface area contributed by atoms with E-state index in [1.165, 1.54) is 36.5 Å². The first-order valence-electron chi connectivity index (χ1n) is 9.65. The van der Waals surface area contributed by atoms with E-state index < -0.39 is 4.92 Å². The number of rotatable bonds is 10. The fourth-order valence-electron chi connectivity index (χ4n) is 3.40. The summed E-state index contributed by atoms with van der Waals surface area (Å²) in [7, 11) is 0. The largest absolute Gasteiger partial charge is 0.508 e. The van der Waals surface area contributed by atoms with E-state index in [1.807, 2.05) is 0 Å². The number of aliphatic hydroxyl groups is 2. The SMILES string of the molecule is O=[N+]([O-])c1c(C=CNCCO)n(-c2ccc(O)cc2)c2c(CNCCO)c(O)ccc12. The Kier molecular flexibility index (Phi) is 7.08. The molecule has 0 aliphatic heterocycles. The summed E-state index contributed by atoms with van der Waals surface area (Å²) in [6.45, 7) is 0.549. The van der Waals surface area contributed by atoms with Crippen LogP contribution >= 0.6 is 0 Å². The van der Waals surface area contributed by atoms with Crippen molar-refractivity contribution in [3.8, 4) is 17.2 Å². The molecule has 1 heterocycles. The van der Waals surface area contributed by atoms with Crippen LogP contribution in [0.5, 0.6) is 11.5 Å². The van der Waals surface area contributed by atoms with Gasteiger partial charge in [-0.05, 0) is 48.7 Å². The van der Waals surface area contributed by atoms with E-state index in [0.29, 0.717) is 22.2 Å². The third-order valence-corrected chi connectivity index (χ3v) is 4.72. The molecule has 3 rings (SSSR count). The predicted molar refractivity (Wildman–Crippen MR) is 116 cm³/mol. The lowest BCUT2D eigenvalue weighted by molar-refractivity contribution is -0.383. The van der Waals surface area contributed by atoms with Gasteiger partial charge in [0.15, 0.2) is 0 Å². The minimum absolute atomic E-state index is 0.0423. The number of nitrogens with zero attached hydrogens (tertiary/aromatic N) is 2. The summed E-state index contributed by atoms with van der Waals surface area (Å²) in [5.41, 5.74) is 1.53. The molecule has 2 aromatic carbocycles. The van der Waals surface area contributed by atoms with Gasteiger partial charge in [0, 0.05) is 30.9 Å². The van der Waals surface area contributed by atoms with Gasteiger partial charge in [-0.3, -0.25) is 10.1 Å². The first kappa shape index (κ1) is 22.1. The van der Waals surface area contributed by atoms with Crippen molar-refractivity contribution in [3.05, 3.63) is 64.0 Å². The summed E-state index contributed by atoms with van der Waals surface area (Å²) in [4.78, 5) is 11.5. The maximum Gasteiger partial charge on any atom is 0.302 e. The zero-order chi connectivity index (χ0) is 22.4. The van der Waals surface area contributed by atoms with Crippen molar-refractivity contribution in [2.45, 2.75) is 6.54 Å². The van der Waals surface area contributed by atoms with Crippen molar-refractivity contribution in [2.24, 2.45) is 0 Å². The lowest BCUT2D eigenvalue weighted by Crippen LogP contribution is -2.18. The van der Waals surface area contributed by atoms with Crippen molar-refractivity contribution in [3.63, 3.8) is 0 Å². The summed E-state index contributed by atoms with van der Waals surface area (Å²) in [6, 6.07) is 9.07. The lowest BCUT2D eigenvalue weighted by Gasteiger charge is -2.13. The first-order valence-corrected chi connectivity index (χ1v) is 9.65. The molecular weight excluding hydrogens is 404 g/mol. The predicted octanol–water partition coefficient (Wildman–Crippen LogP) is 1.58. The highest BCUT2D eigenvalue weighted by molar-refractivity contribution is 5.99. The Labute approximate surface area is 177 Å². The van der Waals surface area contributed by atoms with Gasteiger partial charge in [-0.2, -0.15) is 0 Å². The number of aliphatic hydroxyl groups excluding tert-OH is 2. The Hall–Kier alpha value is -3.60. The zero-order valence-corrected chi connectivity index (χ0v) is 16.7. The number of aromatic nitrogens is 1. The molecule has 10 heteroatoms. The van der Waals surface area contributed by atoms with Crippen LogP contribution < -0.4 is 10.6 Å². The number of phenolic OH excluding ortho intramolecular Hbond substituents is 2. The maximum atomic E-state index is 12.0. The smallest absolute Gasteiger partial charge is 0.302 e. The van der Waals surface area contributed by atoms with Gasteiger partial charge in [-0.1, -0.05) is 0 Å². The maximum absolute atomic E-state index is 12.0. The van der Waals surface area contributed by atoms with Crippen LogP contribution in [0.2, 0.25) is 0 Å². The molecule has 0 saturated carbocycles. The molecule has 0 saturated heterocycles. The number of hydrogen-bond acceptors (Lipinski definition) is 8. The van der Waals surface area contributed by atoms with Crippen LogP contribution in [0.4, 0.5) is 5.69 Å². The van der Waals surface area contributed by atoms with Crippen LogP contribution in [0.25, 0.3) is 22.7 Å². The van der Waals surface area contributed by atoms with Crippen molar-refractivity contribution in [1.82, 2.24) is 15.2 Å². The summed E-state index contributed by atoms with van der Waals surface area (Å²) in [5, 5.41) is 56.5. The van der Waals surface area contributed by atoms with E-state index in [4.69, 9.17) is 10.2 Å². The number of hydrogen-bond donors (Lipinski definition) is 6. The second kappa shape index (κ2) is 9.94. The molecular formula is C21H24N4O6. The number of benzene rings is 2. The molecule has 1 aromatic heterocycles. The Bertz CT molecular complexity index is 1090. The number of aromatic hydroxyl groups is 2. The van der Waals surface area contributed by atoms with Crippen molar-refractivity contribution >= 4 is 22.7 Å². The highest BCUT2D eigenvalue weighted by Crippen LogP contribution is 2.40. The third kappa shape index (κ3) is 4.61. The normalized spacial score (nSPS) is 11.4. The molecule has 31 heavy (non-hydrogen) atoms. The lowest BCUT2D eigenvalue weighted by atomic mass is 10.1. The van der Waals surface area contributed by atoms with Crippen molar-refractivity contribution < 1.29 is 25.3 Å². The van der Waals surface area contributed by atoms with Gasteiger partial charge in [0.25, 0.3) is 0 Å². The van der Waals surface area contributed by atoms with E-state index in [-0.39, 0.29) is 55.7 Å². The highest BCUT2D eigenvalue weighted by Gasteiger charge is 2.28. The summed E-state index contributed by atoms with van der Waals surface area (Å²) < 4.78 is 1.64. The van der Waals surface area contributed by atoms with Crippen LogP contribution in [0, 0.1) is 10.1 Å². The second-order valence-corrected chi connectivity index (χ2v) is 6.71. The monoisotopic (exact) mass is 428 g/mol. The Balaban J connectivity index is 2.34. The average Bonchev–Trinajstić information content (AvgIpc) is 3.08. The van der Waals surface area contributed by atoms with Gasteiger partial charge < -0.3 is 35.6 Å². The van der Waals surface area contributed by atoms with Gasteiger partial charge in [-0.25, -0.2) is 0 Å². The molecule has 0 atom stereocenters. The average molecular weight is 428 g/mol. The van der Waals surface area contributed by atoms with Crippen LogP contribution in [-0.2, 0) is 6.54 Å². The zero-order valence-electron chi connectivity index (χ0n) is 16.7. The molecule has 0 aliphatic rings. The number of phenols is 2. The van der Waals surface area contributed by atoms with Gasteiger partial charge in [0.1, 0.15) is 17.2 Å². The Morgan fingerprint density at radius 2 is 1.74 bits per heavy atom. The van der Waals surface area contributed by atoms with Crippen molar-refractivity contribution in [1.29, 1.82) is 0 Å². The van der Waals surface area contributed by atoms with Crippen molar-refractivity contribution in [2.75, 3.05) is 26.3 Å².